The number of fused-ring (bicyclic) bond motifs is 1. The average molecular weight is 270 g/mol. The fraction of sp³-hybridized carbons (Fsp3) is 0.500. The zero-order chi connectivity index (χ0) is 13.7. The number of imide groups is 1. The van der Waals surface area contributed by atoms with Gasteiger partial charge in [0.2, 0.25) is 0 Å². The summed E-state index contributed by atoms with van der Waals surface area (Å²) in [7, 11) is 0. The Labute approximate surface area is 118 Å². The van der Waals surface area contributed by atoms with Crippen molar-refractivity contribution in [3.63, 3.8) is 0 Å². The van der Waals surface area contributed by atoms with Gasteiger partial charge < -0.3 is 5.32 Å². The molecule has 4 nitrogen and oxygen atoms in total. The summed E-state index contributed by atoms with van der Waals surface area (Å²) in [6, 6.07) is 6.13. The number of urea groups is 1. The van der Waals surface area contributed by atoms with Gasteiger partial charge in [-0.05, 0) is 55.2 Å². The lowest BCUT2D eigenvalue weighted by Gasteiger charge is -2.34. The molecule has 1 aromatic rings. The molecule has 1 spiro atoms. The van der Waals surface area contributed by atoms with Crippen molar-refractivity contribution in [1.29, 1.82) is 0 Å². The van der Waals surface area contributed by atoms with E-state index >= 15 is 0 Å². The summed E-state index contributed by atoms with van der Waals surface area (Å²) in [6.07, 6.45) is 6.09. The Balaban J connectivity index is 1.57. The van der Waals surface area contributed by atoms with Crippen molar-refractivity contribution < 1.29 is 9.59 Å². The Bertz CT molecular complexity index is 604. The highest BCUT2D eigenvalue weighted by Crippen LogP contribution is 2.37. The molecule has 1 aromatic carbocycles. The van der Waals surface area contributed by atoms with Gasteiger partial charge in [-0.15, -0.1) is 0 Å². The quantitative estimate of drug-likeness (QED) is 0.837. The molecule has 0 unspecified atom stereocenters. The highest BCUT2D eigenvalue weighted by atomic mass is 16.2. The second-order valence-corrected chi connectivity index (χ2v) is 6.21. The summed E-state index contributed by atoms with van der Waals surface area (Å²) in [6.45, 7) is 0.402. The molecular formula is C16H18N2O2. The molecule has 4 rings (SSSR count). The lowest BCUT2D eigenvalue weighted by molar-refractivity contribution is -0.134. The molecule has 3 amide bonds. The van der Waals surface area contributed by atoms with Gasteiger partial charge in [0.15, 0.2) is 0 Å². The third kappa shape index (κ3) is 1.60. The molecule has 1 heterocycles. The van der Waals surface area contributed by atoms with Crippen molar-refractivity contribution in [2.24, 2.45) is 0 Å². The molecule has 0 bridgehead atoms. The summed E-state index contributed by atoms with van der Waals surface area (Å²) < 4.78 is 0. The van der Waals surface area contributed by atoms with Crippen molar-refractivity contribution in [3.05, 3.63) is 34.9 Å². The van der Waals surface area contributed by atoms with Gasteiger partial charge in [0.25, 0.3) is 5.91 Å². The van der Waals surface area contributed by atoms with Crippen LogP contribution in [0.5, 0.6) is 0 Å². The third-order valence-corrected chi connectivity index (χ3v) is 4.96. The number of carbonyl (C=O) groups is 2. The van der Waals surface area contributed by atoms with Crippen LogP contribution in [0.2, 0.25) is 0 Å². The van der Waals surface area contributed by atoms with Crippen LogP contribution < -0.4 is 5.32 Å². The minimum Gasteiger partial charge on any atom is -0.323 e. The second-order valence-electron chi connectivity index (χ2n) is 6.21. The first kappa shape index (κ1) is 11.9. The predicted molar refractivity (Wildman–Crippen MR) is 74.1 cm³/mol. The summed E-state index contributed by atoms with van der Waals surface area (Å²) >= 11 is 0. The number of rotatable bonds is 2. The molecule has 1 saturated carbocycles. The molecule has 1 aliphatic heterocycles. The molecule has 1 N–H and O–H groups in total. The standard InChI is InChI=1S/C16H18N2O2/c19-14-16(7-2-8-16)17-15(20)18(14)10-11-5-6-12-3-1-4-13(12)9-11/h5-6,9H,1-4,7-8,10H2,(H,17,20). The van der Waals surface area contributed by atoms with Gasteiger partial charge in [0.1, 0.15) is 5.54 Å². The van der Waals surface area contributed by atoms with Gasteiger partial charge in [-0.25, -0.2) is 4.79 Å². The normalized spacial score (nSPS) is 22.9. The molecular weight excluding hydrogens is 252 g/mol. The van der Waals surface area contributed by atoms with E-state index in [9.17, 15) is 9.59 Å². The van der Waals surface area contributed by atoms with E-state index in [1.54, 1.807) is 0 Å². The topological polar surface area (TPSA) is 49.4 Å². The van der Waals surface area contributed by atoms with Crippen LogP contribution in [0, 0.1) is 0 Å². The molecule has 20 heavy (non-hydrogen) atoms. The molecule has 104 valence electrons. The molecule has 4 heteroatoms. The SMILES string of the molecule is O=C1NC2(CCC2)C(=O)N1Cc1ccc2c(c1)CCC2. The highest BCUT2D eigenvalue weighted by Gasteiger charge is 2.54. The van der Waals surface area contributed by atoms with Crippen LogP contribution in [0.1, 0.15) is 42.4 Å². The van der Waals surface area contributed by atoms with Gasteiger partial charge in [-0.3, -0.25) is 9.69 Å². The Kier molecular flexibility index (Phi) is 2.43. The van der Waals surface area contributed by atoms with Gasteiger partial charge in [-0.2, -0.15) is 0 Å². The van der Waals surface area contributed by atoms with E-state index in [-0.39, 0.29) is 11.9 Å². The van der Waals surface area contributed by atoms with Crippen LogP contribution in [0.4, 0.5) is 4.79 Å². The number of benzene rings is 1. The van der Waals surface area contributed by atoms with Gasteiger partial charge in [0, 0.05) is 0 Å². The summed E-state index contributed by atoms with van der Waals surface area (Å²) in [5, 5.41) is 2.88. The fourth-order valence-electron chi connectivity index (χ4n) is 3.60. The van der Waals surface area contributed by atoms with Crippen LogP contribution in [-0.2, 0) is 24.2 Å². The Morgan fingerprint density at radius 2 is 1.90 bits per heavy atom. The fourth-order valence-corrected chi connectivity index (χ4v) is 3.60. The van der Waals surface area contributed by atoms with Gasteiger partial charge in [0.05, 0.1) is 6.54 Å². The lowest BCUT2D eigenvalue weighted by Crippen LogP contribution is -2.52. The summed E-state index contributed by atoms with van der Waals surface area (Å²) in [5.74, 6) is -0.0331. The van der Waals surface area contributed by atoms with E-state index in [0.717, 1.165) is 37.7 Å². The van der Waals surface area contributed by atoms with Crippen LogP contribution in [0.3, 0.4) is 0 Å². The van der Waals surface area contributed by atoms with Crippen molar-refractivity contribution in [2.75, 3.05) is 0 Å². The largest absolute Gasteiger partial charge is 0.325 e. The smallest absolute Gasteiger partial charge is 0.323 e. The summed E-state index contributed by atoms with van der Waals surface area (Å²) in [5.41, 5.74) is 3.30. The van der Waals surface area contributed by atoms with Crippen molar-refractivity contribution in [2.45, 2.75) is 50.6 Å². The van der Waals surface area contributed by atoms with Crippen LogP contribution in [-0.4, -0.2) is 22.4 Å². The first-order chi connectivity index (χ1) is 9.68. The zero-order valence-corrected chi connectivity index (χ0v) is 11.4. The Morgan fingerprint density at radius 1 is 1.10 bits per heavy atom. The van der Waals surface area contributed by atoms with E-state index in [0.29, 0.717) is 6.54 Å². The maximum Gasteiger partial charge on any atom is 0.325 e. The number of hydrogen-bond acceptors (Lipinski definition) is 2. The first-order valence-electron chi connectivity index (χ1n) is 7.43. The molecule has 0 aromatic heterocycles. The second kappa shape index (κ2) is 4.08. The van der Waals surface area contributed by atoms with Gasteiger partial charge in [-0.1, -0.05) is 18.2 Å². The van der Waals surface area contributed by atoms with Gasteiger partial charge >= 0.3 is 6.03 Å². The molecule has 2 aliphatic carbocycles. The van der Waals surface area contributed by atoms with Crippen molar-refractivity contribution in [3.8, 4) is 0 Å². The minimum atomic E-state index is -0.562. The summed E-state index contributed by atoms with van der Waals surface area (Å²) in [4.78, 5) is 25.8. The van der Waals surface area contributed by atoms with E-state index in [4.69, 9.17) is 0 Å². The van der Waals surface area contributed by atoms with E-state index < -0.39 is 5.54 Å². The maximum atomic E-state index is 12.4. The van der Waals surface area contributed by atoms with E-state index in [1.165, 1.54) is 22.4 Å². The third-order valence-electron chi connectivity index (χ3n) is 4.96. The number of aryl methyl sites for hydroxylation is 2. The number of carbonyl (C=O) groups excluding carboxylic acids is 2. The first-order valence-corrected chi connectivity index (χ1v) is 7.43. The number of hydrogen-bond donors (Lipinski definition) is 1. The molecule has 1 saturated heterocycles. The number of nitrogens with one attached hydrogen (secondary N) is 1. The van der Waals surface area contributed by atoms with Crippen LogP contribution in [0.25, 0.3) is 0 Å². The highest BCUT2D eigenvalue weighted by molar-refractivity contribution is 6.07. The lowest BCUT2D eigenvalue weighted by atomic mass is 9.77. The number of amides is 3. The maximum absolute atomic E-state index is 12.4. The number of nitrogens with zero attached hydrogens (tertiary/aromatic N) is 1. The van der Waals surface area contributed by atoms with Crippen LogP contribution in [0.15, 0.2) is 18.2 Å². The van der Waals surface area contributed by atoms with Crippen LogP contribution >= 0.6 is 0 Å². The molecule has 2 fully saturated rings. The monoisotopic (exact) mass is 270 g/mol. The average Bonchev–Trinajstić information content (AvgIpc) is 2.95. The molecule has 0 atom stereocenters. The van der Waals surface area contributed by atoms with Crippen molar-refractivity contribution >= 4 is 11.9 Å². The van der Waals surface area contributed by atoms with Crippen molar-refractivity contribution in [1.82, 2.24) is 10.2 Å². The zero-order valence-electron chi connectivity index (χ0n) is 11.4. The Hall–Kier alpha value is -1.84. The van der Waals surface area contributed by atoms with E-state index in [2.05, 4.69) is 23.5 Å². The Morgan fingerprint density at radius 3 is 2.60 bits per heavy atom. The molecule has 3 aliphatic rings. The minimum absolute atomic E-state index is 0.0331. The van der Waals surface area contributed by atoms with E-state index in [1.807, 2.05) is 0 Å². The predicted octanol–water partition coefficient (Wildman–Crippen LogP) is 2.15. The molecule has 0 radical (unpaired) electrons.